The molecule has 0 aromatic heterocycles. The van der Waals surface area contributed by atoms with Gasteiger partial charge in [-0.2, -0.15) is 0 Å². The molecule has 0 saturated carbocycles. The van der Waals surface area contributed by atoms with Crippen molar-refractivity contribution in [1.82, 2.24) is 0 Å². The Bertz CT molecular complexity index is 532. The third-order valence-electron chi connectivity index (χ3n) is 2.88. The van der Waals surface area contributed by atoms with E-state index in [0.29, 0.717) is 11.5 Å². The highest BCUT2D eigenvalue weighted by molar-refractivity contribution is 6.50. The van der Waals surface area contributed by atoms with Gasteiger partial charge < -0.3 is 9.47 Å². The van der Waals surface area contributed by atoms with Crippen LogP contribution in [0.25, 0.3) is 0 Å². The van der Waals surface area contributed by atoms with Gasteiger partial charge in [-0.05, 0) is 12.1 Å². The summed E-state index contributed by atoms with van der Waals surface area (Å²) in [6.07, 6.45) is 0. The van der Waals surface area contributed by atoms with Crippen LogP contribution in [-0.2, 0) is 4.33 Å². The number of fused-ring (bicyclic) bond motifs is 2. The SMILES string of the molecule is ClC1(Cl)c2ccccc2OCOc2ccccc21. The molecule has 0 radical (unpaired) electrons. The maximum Gasteiger partial charge on any atom is 0.230 e. The van der Waals surface area contributed by atoms with Crippen molar-refractivity contribution >= 4 is 23.2 Å². The Balaban J connectivity index is 2.24. The Morgan fingerprint density at radius 3 is 1.72 bits per heavy atom. The summed E-state index contributed by atoms with van der Waals surface area (Å²) in [6, 6.07) is 14.9. The van der Waals surface area contributed by atoms with Crippen molar-refractivity contribution in [1.29, 1.82) is 0 Å². The van der Waals surface area contributed by atoms with Gasteiger partial charge in [0.2, 0.25) is 6.79 Å². The first-order chi connectivity index (χ1) is 8.69. The van der Waals surface area contributed by atoms with Crippen molar-refractivity contribution in [3.63, 3.8) is 0 Å². The van der Waals surface area contributed by atoms with Crippen LogP contribution in [0, 0.1) is 0 Å². The normalized spacial score (nSPS) is 16.3. The molecule has 3 rings (SSSR count). The molecule has 4 heteroatoms. The molecule has 0 N–H and O–H groups in total. The maximum atomic E-state index is 6.52. The molecule has 0 atom stereocenters. The summed E-state index contributed by atoms with van der Waals surface area (Å²) in [6.45, 7) is 0.137. The first kappa shape index (κ1) is 11.7. The van der Waals surface area contributed by atoms with E-state index in [2.05, 4.69) is 0 Å². The average Bonchev–Trinajstić information content (AvgIpc) is 2.38. The third kappa shape index (κ3) is 1.82. The standard InChI is InChI=1S/C14H10Cl2O2/c15-14(16)10-5-1-3-7-12(10)17-9-18-13-8-4-2-6-11(13)14/h1-8H,9H2. The molecule has 0 bridgehead atoms. The summed E-state index contributed by atoms with van der Waals surface area (Å²) in [5.41, 5.74) is 1.45. The predicted molar refractivity (Wildman–Crippen MR) is 71.5 cm³/mol. The number of alkyl halides is 2. The van der Waals surface area contributed by atoms with Crippen LogP contribution in [-0.4, -0.2) is 6.79 Å². The summed E-state index contributed by atoms with van der Waals surface area (Å²) in [5, 5.41) is 0. The Morgan fingerprint density at radius 1 is 0.778 bits per heavy atom. The lowest BCUT2D eigenvalue weighted by atomic mass is 10.0. The van der Waals surface area contributed by atoms with Crippen LogP contribution in [0.5, 0.6) is 11.5 Å². The fraction of sp³-hybridized carbons (Fsp3) is 0.143. The van der Waals surface area contributed by atoms with Gasteiger partial charge in [-0.1, -0.05) is 59.6 Å². The van der Waals surface area contributed by atoms with Crippen LogP contribution < -0.4 is 9.47 Å². The van der Waals surface area contributed by atoms with Crippen LogP contribution in [0.2, 0.25) is 0 Å². The first-order valence-electron chi connectivity index (χ1n) is 5.52. The number of halogens is 2. The van der Waals surface area contributed by atoms with Crippen molar-refractivity contribution < 1.29 is 9.47 Å². The molecule has 0 saturated heterocycles. The molecular formula is C14H10Cl2O2. The molecule has 2 nitrogen and oxygen atoms in total. The zero-order valence-electron chi connectivity index (χ0n) is 9.40. The van der Waals surface area contributed by atoms with Gasteiger partial charge in [-0.3, -0.25) is 0 Å². The zero-order chi connectivity index (χ0) is 12.6. The molecule has 0 unspecified atom stereocenters. The van der Waals surface area contributed by atoms with E-state index in [1.165, 1.54) is 0 Å². The van der Waals surface area contributed by atoms with Gasteiger partial charge in [0.15, 0.2) is 4.33 Å². The van der Waals surface area contributed by atoms with Crippen LogP contribution >= 0.6 is 23.2 Å². The van der Waals surface area contributed by atoms with Gasteiger partial charge in [-0.15, -0.1) is 0 Å². The zero-order valence-corrected chi connectivity index (χ0v) is 10.9. The number of hydrogen-bond donors (Lipinski definition) is 0. The Labute approximate surface area is 115 Å². The minimum absolute atomic E-state index is 0.137. The largest absolute Gasteiger partial charge is 0.457 e. The topological polar surface area (TPSA) is 18.5 Å². The lowest BCUT2D eigenvalue weighted by Crippen LogP contribution is -2.20. The molecule has 1 aliphatic heterocycles. The Morgan fingerprint density at radius 2 is 1.22 bits per heavy atom. The molecule has 18 heavy (non-hydrogen) atoms. The fourth-order valence-electron chi connectivity index (χ4n) is 2.01. The number of para-hydroxylation sites is 2. The summed E-state index contributed by atoms with van der Waals surface area (Å²) in [7, 11) is 0. The van der Waals surface area contributed by atoms with E-state index in [4.69, 9.17) is 32.7 Å². The smallest absolute Gasteiger partial charge is 0.230 e. The molecule has 0 aliphatic carbocycles. The van der Waals surface area contributed by atoms with Crippen molar-refractivity contribution in [2.24, 2.45) is 0 Å². The average molecular weight is 281 g/mol. The lowest BCUT2D eigenvalue weighted by Gasteiger charge is -2.28. The second-order valence-corrected chi connectivity index (χ2v) is 5.30. The van der Waals surface area contributed by atoms with E-state index in [-0.39, 0.29) is 6.79 Å². The van der Waals surface area contributed by atoms with Gasteiger partial charge in [0.25, 0.3) is 0 Å². The van der Waals surface area contributed by atoms with Crippen molar-refractivity contribution in [2.45, 2.75) is 4.33 Å². The molecule has 0 spiro atoms. The molecule has 2 aromatic carbocycles. The molecule has 2 aromatic rings. The summed E-state index contributed by atoms with van der Waals surface area (Å²) >= 11 is 13.0. The molecule has 1 heterocycles. The first-order valence-corrected chi connectivity index (χ1v) is 6.27. The lowest BCUT2D eigenvalue weighted by molar-refractivity contribution is 0.114. The van der Waals surface area contributed by atoms with Crippen molar-refractivity contribution in [2.75, 3.05) is 6.79 Å². The highest BCUT2D eigenvalue weighted by atomic mass is 35.5. The summed E-state index contributed by atoms with van der Waals surface area (Å²) < 4.78 is 9.87. The van der Waals surface area contributed by atoms with E-state index < -0.39 is 4.33 Å². The summed E-state index contributed by atoms with van der Waals surface area (Å²) in [4.78, 5) is 0. The van der Waals surface area contributed by atoms with Crippen LogP contribution in [0.3, 0.4) is 0 Å². The van der Waals surface area contributed by atoms with Crippen molar-refractivity contribution in [3.05, 3.63) is 59.7 Å². The van der Waals surface area contributed by atoms with Gasteiger partial charge in [0.1, 0.15) is 11.5 Å². The van der Waals surface area contributed by atoms with E-state index in [0.717, 1.165) is 11.1 Å². The highest BCUT2D eigenvalue weighted by Crippen LogP contribution is 2.48. The minimum atomic E-state index is -1.19. The number of benzene rings is 2. The van der Waals surface area contributed by atoms with Crippen LogP contribution in [0.15, 0.2) is 48.5 Å². The second-order valence-electron chi connectivity index (χ2n) is 3.97. The van der Waals surface area contributed by atoms with Crippen molar-refractivity contribution in [3.8, 4) is 11.5 Å². The number of rotatable bonds is 0. The number of hydrogen-bond acceptors (Lipinski definition) is 2. The van der Waals surface area contributed by atoms with Gasteiger partial charge in [-0.25, -0.2) is 0 Å². The maximum absolute atomic E-state index is 6.52. The molecule has 0 fully saturated rings. The Kier molecular flexibility index (Phi) is 2.84. The van der Waals surface area contributed by atoms with Crippen LogP contribution in [0.4, 0.5) is 0 Å². The highest BCUT2D eigenvalue weighted by Gasteiger charge is 2.36. The number of ether oxygens (including phenoxy) is 2. The van der Waals surface area contributed by atoms with E-state index in [1.54, 1.807) is 0 Å². The van der Waals surface area contributed by atoms with E-state index in [1.807, 2.05) is 48.5 Å². The fourth-order valence-corrected chi connectivity index (χ4v) is 2.63. The monoisotopic (exact) mass is 280 g/mol. The van der Waals surface area contributed by atoms with Gasteiger partial charge in [0, 0.05) is 11.1 Å². The quantitative estimate of drug-likeness (QED) is 0.677. The molecule has 0 amide bonds. The molecule has 92 valence electrons. The van der Waals surface area contributed by atoms with Gasteiger partial charge >= 0.3 is 0 Å². The van der Waals surface area contributed by atoms with E-state index in [9.17, 15) is 0 Å². The van der Waals surface area contributed by atoms with Crippen LogP contribution in [0.1, 0.15) is 11.1 Å². The second kappa shape index (κ2) is 4.38. The summed E-state index contributed by atoms with van der Waals surface area (Å²) in [5.74, 6) is 1.27. The minimum Gasteiger partial charge on any atom is -0.457 e. The van der Waals surface area contributed by atoms with Gasteiger partial charge in [0.05, 0.1) is 0 Å². The molecule has 1 aliphatic rings. The molecular weight excluding hydrogens is 271 g/mol. The third-order valence-corrected chi connectivity index (χ3v) is 3.69. The van der Waals surface area contributed by atoms with E-state index >= 15 is 0 Å². The Hall–Kier alpha value is -1.38. The predicted octanol–water partition coefficient (Wildman–Crippen LogP) is 4.09.